The second kappa shape index (κ2) is 11.7. The summed E-state index contributed by atoms with van der Waals surface area (Å²) in [6, 6.07) is 7.00. The summed E-state index contributed by atoms with van der Waals surface area (Å²) in [5.41, 5.74) is 7.39. The standard InChI is InChI=1S/C21H29N7O4S/c1-15-19(28(30)31)16(2)27(25-15)14-17-5-3-6-18(13-17)20(29)23-24-21(33)22-7-4-8-26-9-11-32-12-10-26/h3,5-6,13H,4,7-12,14H2,1-2H3,(H,23,29)(H2,22,24,33). The largest absolute Gasteiger partial charge is 0.379 e. The van der Waals surface area contributed by atoms with Gasteiger partial charge >= 0.3 is 5.69 Å². The van der Waals surface area contributed by atoms with E-state index in [1.807, 2.05) is 6.07 Å². The topological polar surface area (TPSA) is 127 Å². The van der Waals surface area contributed by atoms with Crippen LogP contribution in [0.4, 0.5) is 5.69 Å². The van der Waals surface area contributed by atoms with Gasteiger partial charge < -0.3 is 10.1 Å². The highest BCUT2D eigenvalue weighted by Crippen LogP contribution is 2.22. The number of aromatic nitrogens is 2. The van der Waals surface area contributed by atoms with Crippen molar-refractivity contribution < 1.29 is 14.5 Å². The molecule has 0 aliphatic carbocycles. The lowest BCUT2D eigenvalue weighted by Crippen LogP contribution is -2.47. The quantitative estimate of drug-likeness (QED) is 0.224. The minimum Gasteiger partial charge on any atom is -0.379 e. The number of hydrogen-bond acceptors (Lipinski definition) is 7. The summed E-state index contributed by atoms with van der Waals surface area (Å²) >= 11 is 5.22. The number of nitrogens with one attached hydrogen (secondary N) is 3. The third-order valence-electron chi connectivity index (χ3n) is 5.38. The molecule has 0 saturated carbocycles. The maximum atomic E-state index is 12.5. The van der Waals surface area contributed by atoms with Gasteiger partial charge in [-0.2, -0.15) is 5.10 Å². The van der Waals surface area contributed by atoms with Gasteiger partial charge in [-0.15, -0.1) is 0 Å². The van der Waals surface area contributed by atoms with Gasteiger partial charge in [0, 0.05) is 25.2 Å². The first-order chi connectivity index (χ1) is 15.8. The van der Waals surface area contributed by atoms with Gasteiger partial charge in [-0.1, -0.05) is 12.1 Å². The van der Waals surface area contributed by atoms with Crippen LogP contribution < -0.4 is 16.2 Å². The van der Waals surface area contributed by atoms with Crippen LogP contribution in [0.3, 0.4) is 0 Å². The molecule has 11 nitrogen and oxygen atoms in total. The van der Waals surface area contributed by atoms with E-state index >= 15 is 0 Å². The van der Waals surface area contributed by atoms with Crippen LogP contribution in [0, 0.1) is 24.0 Å². The fourth-order valence-electron chi connectivity index (χ4n) is 3.65. The number of morpholine rings is 1. The van der Waals surface area contributed by atoms with Crippen LogP contribution in [0.1, 0.15) is 33.7 Å². The van der Waals surface area contributed by atoms with Crippen molar-refractivity contribution in [3.63, 3.8) is 0 Å². The van der Waals surface area contributed by atoms with E-state index in [0.717, 1.165) is 44.8 Å². The Morgan fingerprint density at radius 3 is 2.73 bits per heavy atom. The molecule has 1 fully saturated rings. The van der Waals surface area contributed by atoms with Crippen LogP contribution in [0.25, 0.3) is 0 Å². The number of ether oxygens (including phenoxy) is 1. The first-order valence-electron chi connectivity index (χ1n) is 10.8. The third-order valence-corrected chi connectivity index (χ3v) is 5.62. The molecular formula is C21H29N7O4S. The molecule has 3 rings (SSSR count). The van der Waals surface area contributed by atoms with Crippen molar-refractivity contribution in [3.8, 4) is 0 Å². The summed E-state index contributed by atoms with van der Waals surface area (Å²) in [5, 5.41) is 18.9. The summed E-state index contributed by atoms with van der Waals surface area (Å²) < 4.78 is 6.90. The van der Waals surface area contributed by atoms with E-state index < -0.39 is 4.92 Å². The molecule has 2 heterocycles. The molecule has 0 spiro atoms. The number of nitrogens with zero attached hydrogens (tertiary/aromatic N) is 4. The number of thiocarbonyl (C=S) groups is 1. The van der Waals surface area contributed by atoms with Gasteiger partial charge in [0.05, 0.1) is 24.7 Å². The Hall–Kier alpha value is -3.09. The lowest BCUT2D eigenvalue weighted by Gasteiger charge is -2.26. The Kier molecular flexibility index (Phi) is 8.69. The number of hydrazine groups is 1. The second-order valence-corrected chi connectivity index (χ2v) is 8.19. The number of rotatable bonds is 8. The van der Waals surface area contributed by atoms with Crippen LogP contribution in [-0.2, 0) is 11.3 Å². The Balaban J connectivity index is 1.46. The van der Waals surface area contributed by atoms with Crippen molar-refractivity contribution in [1.82, 2.24) is 30.8 Å². The monoisotopic (exact) mass is 475 g/mol. The first-order valence-corrected chi connectivity index (χ1v) is 11.2. The minimum absolute atomic E-state index is 0.0130. The number of hydrogen-bond donors (Lipinski definition) is 3. The van der Waals surface area contributed by atoms with Crippen molar-refractivity contribution in [2.75, 3.05) is 39.4 Å². The zero-order valence-corrected chi connectivity index (χ0v) is 19.6. The van der Waals surface area contributed by atoms with Gasteiger partial charge in [0.25, 0.3) is 5.91 Å². The molecule has 1 aromatic heterocycles. The molecule has 0 radical (unpaired) electrons. The highest BCUT2D eigenvalue weighted by atomic mass is 32.1. The number of carbonyl (C=O) groups is 1. The smallest absolute Gasteiger partial charge is 0.312 e. The number of carbonyl (C=O) groups excluding carboxylic acids is 1. The predicted molar refractivity (Wildman–Crippen MR) is 127 cm³/mol. The van der Waals surface area contributed by atoms with E-state index in [-0.39, 0.29) is 11.6 Å². The van der Waals surface area contributed by atoms with Gasteiger partial charge in [0.1, 0.15) is 11.4 Å². The summed E-state index contributed by atoms with van der Waals surface area (Å²) in [7, 11) is 0. The Bertz CT molecular complexity index is 1000. The summed E-state index contributed by atoms with van der Waals surface area (Å²) in [6.07, 6.45) is 0.933. The third kappa shape index (κ3) is 6.94. The van der Waals surface area contributed by atoms with Gasteiger partial charge in [0.2, 0.25) is 0 Å². The molecule has 1 aliphatic heterocycles. The van der Waals surface area contributed by atoms with E-state index in [9.17, 15) is 14.9 Å². The first kappa shape index (κ1) is 24.6. The van der Waals surface area contributed by atoms with E-state index in [1.54, 1.807) is 36.7 Å². The van der Waals surface area contributed by atoms with Crippen molar-refractivity contribution >= 4 is 28.9 Å². The molecule has 2 aromatic rings. The summed E-state index contributed by atoms with van der Waals surface area (Å²) in [6.45, 7) is 8.72. The Labute approximate surface area is 197 Å². The molecule has 1 amide bonds. The molecule has 178 valence electrons. The number of benzene rings is 1. The maximum Gasteiger partial charge on any atom is 0.312 e. The van der Waals surface area contributed by atoms with E-state index in [1.165, 1.54) is 0 Å². The molecule has 3 N–H and O–H groups in total. The van der Waals surface area contributed by atoms with Crippen molar-refractivity contribution in [1.29, 1.82) is 0 Å². The average molecular weight is 476 g/mol. The Morgan fingerprint density at radius 1 is 1.27 bits per heavy atom. The lowest BCUT2D eigenvalue weighted by atomic mass is 10.1. The molecule has 1 saturated heterocycles. The van der Waals surface area contributed by atoms with Gasteiger partial charge in [-0.3, -0.25) is 35.3 Å². The fraction of sp³-hybridized carbons (Fsp3) is 0.476. The van der Waals surface area contributed by atoms with Crippen LogP contribution in [-0.4, -0.2) is 70.0 Å². The highest BCUT2D eigenvalue weighted by Gasteiger charge is 2.21. The second-order valence-electron chi connectivity index (χ2n) is 7.78. The number of aryl methyl sites for hydroxylation is 1. The highest BCUT2D eigenvalue weighted by molar-refractivity contribution is 7.80. The maximum absolute atomic E-state index is 12.5. The SMILES string of the molecule is Cc1nn(Cc2cccc(C(=O)NNC(=S)NCCCN3CCOCC3)c2)c(C)c1[N+](=O)[O-]. The molecule has 1 aromatic carbocycles. The van der Waals surface area contributed by atoms with Crippen molar-refractivity contribution in [3.05, 3.63) is 56.9 Å². The zero-order chi connectivity index (χ0) is 23.8. The van der Waals surface area contributed by atoms with Crippen LogP contribution in [0.5, 0.6) is 0 Å². The molecule has 0 bridgehead atoms. The number of nitro groups is 1. The van der Waals surface area contributed by atoms with E-state index in [0.29, 0.717) is 35.2 Å². The van der Waals surface area contributed by atoms with E-state index in [4.69, 9.17) is 17.0 Å². The van der Waals surface area contributed by atoms with Gasteiger partial charge in [-0.05, 0) is 56.7 Å². The minimum atomic E-state index is -0.427. The van der Waals surface area contributed by atoms with Crippen LogP contribution in [0.2, 0.25) is 0 Å². The van der Waals surface area contributed by atoms with Crippen molar-refractivity contribution in [2.24, 2.45) is 0 Å². The summed E-state index contributed by atoms with van der Waals surface area (Å²) in [4.78, 5) is 25.6. The van der Waals surface area contributed by atoms with Crippen LogP contribution in [0.15, 0.2) is 24.3 Å². The number of amides is 1. The Morgan fingerprint density at radius 2 is 2.03 bits per heavy atom. The zero-order valence-electron chi connectivity index (χ0n) is 18.8. The van der Waals surface area contributed by atoms with Crippen LogP contribution >= 0.6 is 12.2 Å². The molecule has 12 heteroatoms. The normalized spacial score (nSPS) is 14.0. The van der Waals surface area contributed by atoms with Gasteiger partial charge in [0.15, 0.2) is 5.11 Å². The molecular weight excluding hydrogens is 446 g/mol. The lowest BCUT2D eigenvalue weighted by molar-refractivity contribution is -0.386. The molecule has 33 heavy (non-hydrogen) atoms. The summed E-state index contributed by atoms with van der Waals surface area (Å²) in [5.74, 6) is -0.339. The van der Waals surface area contributed by atoms with Crippen molar-refractivity contribution in [2.45, 2.75) is 26.8 Å². The average Bonchev–Trinajstić information content (AvgIpc) is 3.08. The van der Waals surface area contributed by atoms with E-state index in [2.05, 4.69) is 26.2 Å². The molecule has 0 unspecified atom stereocenters. The van der Waals surface area contributed by atoms with Gasteiger partial charge in [-0.25, -0.2) is 0 Å². The fourth-order valence-corrected chi connectivity index (χ4v) is 3.80. The predicted octanol–water partition coefficient (Wildman–Crippen LogP) is 1.29. The molecule has 1 aliphatic rings. The molecule has 0 atom stereocenters.